The van der Waals surface area contributed by atoms with Gasteiger partial charge in [-0.15, -0.1) is 23.2 Å². The van der Waals surface area contributed by atoms with Crippen molar-refractivity contribution in [3.63, 3.8) is 0 Å². The Morgan fingerprint density at radius 3 is 2.50 bits per heavy atom. The Morgan fingerprint density at radius 2 is 2.14 bits per heavy atom. The van der Waals surface area contributed by atoms with Gasteiger partial charge in [0.25, 0.3) is 0 Å². The highest BCUT2D eigenvalue weighted by Crippen LogP contribution is 2.64. The number of likely N-dealkylation sites (tertiary alicyclic amines) is 1. The van der Waals surface area contributed by atoms with Crippen LogP contribution in [0.2, 0.25) is 0 Å². The van der Waals surface area contributed by atoms with Crippen LogP contribution in [0.1, 0.15) is 19.8 Å². The average Bonchev–Trinajstić information content (AvgIpc) is 2.48. The number of nitrogens with zero attached hydrogens (tertiary/aromatic N) is 1. The largest absolute Gasteiger partial charge is 0.341 e. The number of carbonyl (C=O) groups is 1. The zero-order valence-corrected chi connectivity index (χ0v) is 9.61. The maximum absolute atomic E-state index is 12.0. The molecule has 0 aromatic heterocycles. The highest BCUT2D eigenvalue weighted by atomic mass is 35.5. The molecule has 2 rings (SSSR count). The maximum Gasteiger partial charge on any atom is 0.231 e. The van der Waals surface area contributed by atoms with Crippen molar-refractivity contribution in [1.82, 2.24) is 4.90 Å². The van der Waals surface area contributed by atoms with Crippen molar-refractivity contribution in [3.8, 4) is 0 Å². The lowest BCUT2D eigenvalue weighted by Gasteiger charge is -2.21. The van der Waals surface area contributed by atoms with E-state index in [2.05, 4.69) is 0 Å². The lowest BCUT2D eigenvalue weighted by Crippen LogP contribution is -2.38. The fourth-order valence-electron chi connectivity index (χ4n) is 1.95. The predicted molar refractivity (Wildman–Crippen MR) is 56.3 cm³/mol. The van der Waals surface area contributed by atoms with Gasteiger partial charge in [-0.25, -0.2) is 0 Å². The Kier molecular flexibility index (Phi) is 2.26. The molecule has 1 saturated heterocycles. The molecule has 1 saturated carbocycles. The standard InChI is InChI=1S/C9H14Cl2N2O/c1-8(5-9(8,10)11)7(14)13-3-2-6(12)4-13/h6H,2-5,12H2,1H3/t6-,8?/m1/s1. The van der Waals surface area contributed by atoms with Gasteiger partial charge in [-0.1, -0.05) is 0 Å². The number of carbonyl (C=O) groups excluding carboxylic acids is 1. The van der Waals surface area contributed by atoms with Gasteiger partial charge in [0, 0.05) is 19.1 Å². The fourth-order valence-corrected chi connectivity index (χ4v) is 2.65. The van der Waals surface area contributed by atoms with Crippen LogP contribution in [-0.4, -0.2) is 34.3 Å². The van der Waals surface area contributed by atoms with Crippen molar-refractivity contribution in [1.29, 1.82) is 0 Å². The quantitative estimate of drug-likeness (QED) is 0.695. The lowest BCUT2D eigenvalue weighted by atomic mass is 10.1. The van der Waals surface area contributed by atoms with E-state index in [1.54, 1.807) is 4.90 Å². The van der Waals surface area contributed by atoms with E-state index in [0.717, 1.165) is 13.0 Å². The van der Waals surface area contributed by atoms with Gasteiger partial charge in [-0.2, -0.15) is 0 Å². The minimum Gasteiger partial charge on any atom is -0.341 e. The Morgan fingerprint density at radius 1 is 1.57 bits per heavy atom. The zero-order valence-electron chi connectivity index (χ0n) is 8.09. The molecular weight excluding hydrogens is 223 g/mol. The van der Waals surface area contributed by atoms with Crippen molar-refractivity contribution in [3.05, 3.63) is 0 Å². The maximum atomic E-state index is 12.0. The molecule has 3 nitrogen and oxygen atoms in total. The summed E-state index contributed by atoms with van der Waals surface area (Å²) in [6.07, 6.45) is 1.42. The zero-order chi connectivity index (χ0) is 10.6. The van der Waals surface area contributed by atoms with Crippen LogP contribution in [0.15, 0.2) is 0 Å². The second kappa shape index (κ2) is 3.00. The van der Waals surface area contributed by atoms with Crippen molar-refractivity contribution < 1.29 is 4.79 Å². The molecule has 2 fully saturated rings. The van der Waals surface area contributed by atoms with Crippen molar-refractivity contribution >= 4 is 29.1 Å². The first-order valence-corrected chi connectivity index (χ1v) is 5.55. The van der Waals surface area contributed by atoms with E-state index in [1.165, 1.54) is 0 Å². The van der Waals surface area contributed by atoms with Crippen molar-refractivity contribution in [2.75, 3.05) is 13.1 Å². The average molecular weight is 237 g/mol. The third kappa shape index (κ3) is 1.42. The Hall–Kier alpha value is 0.01000. The van der Waals surface area contributed by atoms with E-state index in [9.17, 15) is 4.79 Å². The monoisotopic (exact) mass is 236 g/mol. The Bertz CT molecular complexity index is 282. The van der Waals surface area contributed by atoms with Crippen LogP contribution < -0.4 is 5.73 Å². The predicted octanol–water partition coefficient (Wildman–Crippen LogP) is 1.13. The van der Waals surface area contributed by atoms with Gasteiger partial charge in [0.1, 0.15) is 4.33 Å². The van der Waals surface area contributed by atoms with Crippen LogP contribution in [0.4, 0.5) is 0 Å². The number of hydrogen-bond acceptors (Lipinski definition) is 2. The van der Waals surface area contributed by atoms with Gasteiger partial charge in [0.15, 0.2) is 0 Å². The van der Waals surface area contributed by atoms with E-state index in [0.29, 0.717) is 13.0 Å². The van der Waals surface area contributed by atoms with Crippen LogP contribution >= 0.6 is 23.2 Å². The van der Waals surface area contributed by atoms with Crippen molar-refractivity contribution in [2.45, 2.75) is 30.1 Å². The van der Waals surface area contributed by atoms with Gasteiger partial charge in [-0.05, 0) is 19.8 Å². The van der Waals surface area contributed by atoms with Crippen LogP contribution in [0.5, 0.6) is 0 Å². The Labute approximate surface area is 93.5 Å². The summed E-state index contributed by atoms with van der Waals surface area (Å²) in [5.74, 6) is 0.0513. The van der Waals surface area contributed by atoms with E-state index in [1.807, 2.05) is 6.92 Å². The molecule has 2 aliphatic rings. The first kappa shape index (κ1) is 10.5. The van der Waals surface area contributed by atoms with Crippen LogP contribution in [0.25, 0.3) is 0 Å². The van der Waals surface area contributed by atoms with Gasteiger partial charge in [0.05, 0.1) is 5.41 Å². The lowest BCUT2D eigenvalue weighted by molar-refractivity contribution is -0.135. The summed E-state index contributed by atoms with van der Waals surface area (Å²) in [7, 11) is 0. The molecule has 0 radical (unpaired) electrons. The summed E-state index contributed by atoms with van der Waals surface area (Å²) >= 11 is 11.9. The number of halogens is 2. The summed E-state index contributed by atoms with van der Waals surface area (Å²) in [5.41, 5.74) is 5.15. The molecular formula is C9H14Cl2N2O. The van der Waals surface area contributed by atoms with Gasteiger partial charge >= 0.3 is 0 Å². The van der Waals surface area contributed by atoms with E-state index < -0.39 is 9.75 Å². The third-order valence-electron chi connectivity index (χ3n) is 3.24. The molecule has 1 amide bonds. The second-order valence-electron chi connectivity index (χ2n) is 4.51. The second-order valence-corrected chi connectivity index (χ2v) is 6.00. The van der Waals surface area contributed by atoms with Gasteiger partial charge in [-0.3, -0.25) is 4.79 Å². The molecule has 2 atom stereocenters. The molecule has 1 aliphatic heterocycles. The minimum atomic E-state index is -0.864. The fraction of sp³-hybridized carbons (Fsp3) is 0.889. The number of alkyl halides is 2. The van der Waals surface area contributed by atoms with E-state index in [4.69, 9.17) is 28.9 Å². The molecule has 1 aliphatic carbocycles. The first-order chi connectivity index (χ1) is 6.37. The summed E-state index contributed by atoms with van der Waals surface area (Å²) < 4.78 is -0.864. The number of rotatable bonds is 1. The normalized spacial score (nSPS) is 40.0. The summed E-state index contributed by atoms with van der Waals surface area (Å²) in [6, 6.07) is 0.112. The molecule has 1 unspecified atom stereocenters. The highest BCUT2D eigenvalue weighted by molar-refractivity contribution is 6.53. The molecule has 0 spiro atoms. The van der Waals surface area contributed by atoms with Gasteiger partial charge < -0.3 is 10.6 Å². The van der Waals surface area contributed by atoms with Crippen LogP contribution in [0.3, 0.4) is 0 Å². The molecule has 14 heavy (non-hydrogen) atoms. The molecule has 1 heterocycles. The van der Waals surface area contributed by atoms with Gasteiger partial charge in [0.2, 0.25) is 5.91 Å². The SMILES string of the molecule is CC1(C(=O)N2CC[C@@H](N)C2)CC1(Cl)Cl. The number of hydrogen-bond donors (Lipinski definition) is 1. The first-order valence-electron chi connectivity index (χ1n) is 4.80. The highest BCUT2D eigenvalue weighted by Gasteiger charge is 2.68. The van der Waals surface area contributed by atoms with E-state index in [-0.39, 0.29) is 11.9 Å². The van der Waals surface area contributed by atoms with Crippen molar-refractivity contribution in [2.24, 2.45) is 11.1 Å². The Balaban J connectivity index is 2.04. The summed E-state index contributed by atoms with van der Waals surface area (Å²) in [5, 5.41) is 0. The topological polar surface area (TPSA) is 46.3 Å². The molecule has 5 heteroatoms. The summed E-state index contributed by atoms with van der Waals surface area (Å²) in [4.78, 5) is 13.8. The minimum absolute atomic E-state index is 0.0513. The number of nitrogens with two attached hydrogens (primary N) is 1. The third-order valence-corrected chi connectivity index (χ3v) is 4.34. The van der Waals surface area contributed by atoms with Crippen LogP contribution in [0, 0.1) is 5.41 Å². The smallest absolute Gasteiger partial charge is 0.231 e. The van der Waals surface area contributed by atoms with Crippen LogP contribution in [-0.2, 0) is 4.79 Å². The molecule has 0 aromatic rings. The van der Waals surface area contributed by atoms with E-state index >= 15 is 0 Å². The number of amides is 1. The summed E-state index contributed by atoms with van der Waals surface area (Å²) in [6.45, 7) is 3.19. The molecule has 0 bridgehead atoms. The molecule has 0 aromatic carbocycles. The molecule has 80 valence electrons. The molecule has 2 N–H and O–H groups in total.